The first-order valence-corrected chi connectivity index (χ1v) is 10.4. The lowest BCUT2D eigenvalue weighted by Gasteiger charge is -2.20. The lowest BCUT2D eigenvalue weighted by molar-refractivity contribution is -0.122. The molecule has 0 radical (unpaired) electrons. The summed E-state index contributed by atoms with van der Waals surface area (Å²) in [6.07, 6.45) is 1.90. The van der Waals surface area contributed by atoms with Gasteiger partial charge < -0.3 is 19.9 Å². The second kappa shape index (κ2) is 9.76. The first kappa shape index (κ1) is 22.5. The minimum atomic E-state index is -0.436. The Bertz CT molecular complexity index is 932. The molecule has 0 bridgehead atoms. The van der Waals surface area contributed by atoms with Gasteiger partial charge in [-0.25, -0.2) is 9.37 Å². The molecular weight excluding hydrogens is 397 g/mol. The fraction of sp³-hybridized carbons (Fsp3) is 0.435. The van der Waals surface area contributed by atoms with Crippen molar-refractivity contribution in [2.75, 3.05) is 43.5 Å². The van der Waals surface area contributed by atoms with E-state index in [1.54, 1.807) is 4.90 Å². The molecule has 2 aromatic rings. The molecule has 1 aliphatic rings. The molecule has 1 amide bonds. The minimum Gasteiger partial charge on any atom is -0.489 e. The highest BCUT2D eigenvalue weighted by Crippen LogP contribution is 2.26. The third-order valence-electron chi connectivity index (χ3n) is 5.20. The van der Waals surface area contributed by atoms with Gasteiger partial charge in [0.1, 0.15) is 11.9 Å². The Morgan fingerprint density at radius 3 is 2.74 bits per heavy atom. The normalized spacial score (nSPS) is 16.7. The highest BCUT2D eigenvalue weighted by atomic mass is 19.1. The van der Waals surface area contributed by atoms with Crippen molar-refractivity contribution in [2.45, 2.75) is 32.3 Å². The zero-order valence-electron chi connectivity index (χ0n) is 18.6. The first-order chi connectivity index (χ1) is 14.7. The molecule has 2 heterocycles. The molecule has 0 spiro atoms. The Morgan fingerprint density at radius 2 is 2.10 bits per heavy atom. The largest absolute Gasteiger partial charge is 0.489 e. The molecule has 31 heavy (non-hydrogen) atoms. The first-order valence-electron chi connectivity index (χ1n) is 10.4. The van der Waals surface area contributed by atoms with Crippen LogP contribution in [-0.4, -0.2) is 55.7 Å². The van der Waals surface area contributed by atoms with Crippen molar-refractivity contribution in [2.24, 2.45) is 0 Å². The standard InChI is InChI=1S/C23H30FN5O2/c1-15(2)12-25-22(30)16(3)17-6-8-18(9-7-17)31-19-10-11-29(14-19)21-20(24)13-26-23(27-21)28(4)5/h6-9,13,16,19H,1,10-12,14H2,2-5H3,(H,25,30). The van der Waals surface area contributed by atoms with Crippen molar-refractivity contribution in [3.63, 3.8) is 0 Å². The van der Waals surface area contributed by atoms with Crippen LogP contribution in [0.5, 0.6) is 5.75 Å². The molecule has 1 saturated heterocycles. The predicted octanol–water partition coefficient (Wildman–Crippen LogP) is 3.14. The Labute approximate surface area is 182 Å². The number of hydrogen-bond acceptors (Lipinski definition) is 6. The van der Waals surface area contributed by atoms with Gasteiger partial charge in [-0.1, -0.05) is 24.3 Å². The van der Waals surface area contributed by atoms with Crippen molar-refractivity contribution in [1.29, 1.82) is 0 Å². The maximum Gasteiger partial charge on any atom is 0.227 e. The van der Waals surface area contributed by atoms with Crippen molar-refractivity contribution < 1.29 is 13.9 Å². The quantitative estimate of drug-likeness (QED) is 0.653. The van der Waals surface area contributed by atoms with Crippen molar-refractivity contribution >= 4 is 17.7 Å². The summed E-state index contributed by atoms with van der Waals surface area (Å²) in [6, 6.07) is 7.55. The molecule has 0 aliphatic carbocycles. The summed E-state index contributed by atoms with van der Waals surface area (Å²) in [6.45, 7) is 9.22. The lowest BCUT2D eigenvalue weighted by atomic mass is 10.0. The number of halogens is 1. The Hall–Kier alpha value is -3.16. The molecule has 8 heteroatoms. The number of nitrogens with one attached hydrogen (secondary N) is 1. The number of hydrogen-bond donors (Lipinski definition) is 1. The van der Waals surface area contributed by atoms with Crippen LogP contribution >= 0.6 is 0 Å². The van der Waals surface area contributed by atoms with Gasteiger partial charge >= 0.3 is 0 Å². The van der Waals surface area contributed by atoms with E-state index in [-0.39, 0.29) is 17.9 Å². The molecule has 0 saturated carbocycles. The van der Waals surface area contributed by atoms with Gasteiger partial charge in [0.2, 0.25) is 11.9 Å². The van der Waals surface area contributed by atoms with E-state index in [0.29, 0.717) is 31.4 Å². The SMILES string of the molecule is C=C(C)CNC(=O)C(C)c1ccc(OC2CCN(c3nc(N(C)C)ncc3F)C2)cc1. The summed E-state index contributed by atoms with van der Waals surface area (Å²) in [5.41, 5.74) is 1.83. The number of nitrogens with zero attached hydrogens (tertiary/aromatic N) is 4. The van der Waals surface area contributed by atoms with E-state index in [1.807, 2.05) is 57.1 Å². The molecule has 1 N–H and O–H groups in total. The third kappa shape index (κ3) is 5.71. The topological polar surface area (TPSA) is 70.6 Å². The highest BCUT2D eigenvalue weighted by molar-refractivity contribution is 5.83. The fourth-order valence-electron chi connectivity index (χ4n) is 3.37. The summed E-state index contributed by atoms with van der Waals surface area (Å²) in [5, 5.41) is 2.87. The van der Waals surface area contributed by atoms with E-state index in [1.165, 1.54) is 6.20 Å². The van der Waals surface area contributed by atoms with Gasteiger partial charge in [0.25, 0.3) is 0 Å². The number of aromatic nitrogens is 2. The van der Waals surface area contributed by atoms with Crippen molar-refractivity contribution in [3.8, 4) is 5.75 Å². The van der Waals surface area contributed by atoms with Gasteiger partial charge in [0.05, 0.1) is 18.7 Å². The second-order valence-electron chi connectivity index (χ2n) is 8.18. The van der Waals surface area contributed by atoms with E-state index in [2.05, 4.69) is 21.9 Å². The summed E-state index contributed by atoms with van der Waals surface area (Å²) in [7, 11) is 3.64. The summed E-state index contributed by atoms with van der Waals surface area (Å²) < 4.78 is 20.3. The molecule has 2 atom stereocenters. The number of carbonyl (C=O) groups excluding carboxylic acids is 1. The van der Waals surface area contributed by atoms with Gasteiger partial charge in [-0.15, -0.1) is 0 Å². The van der Waals surface area contributed by atoms with E-state index >= 15 is 0 Å². The monoisotopic (exact) mass is 427 g/mol. The molecule has 1 aliphatic heterocycles. The molecule has 3 rings (SSSR count). The maximum absolute atomic E-state index is 14.3. The third-order valence-corrected chi connectivity index (χ3v) is 5.20. The second-order valence-corrected chi connectivity index (χ2v) is 8.18. The van der Waals surface area contributed by atoms with Crippen LogP contribution in [0.15, 0.2) is 42.6 Å². The van der Waals surface area contributed by atoms with Gasteiger partial charge in [-0.3, -0.25) is 4.79 Å². The molecular formula is C23H30FN5O2. The number of rotatable bonds is 8. The zero-order chi connectivity index (χ0) is 22.5. The van der Waals surface area contributed by atoms with Crippen LogP contribution in [0.25, 0.3) is 0 Å². The molecule has 7 nitrogen and oxygen atoms in total. The number of ether oxygens (including phenoxy) is 1. The van der Waals surface area contributed by atoms with Crippen LogP contribution < -0.4 is 19.9 Å². The number of benzene rings is 1. The van der Waals surface area contributed by atoms with Gasteiger partial charge in [0, 0.05) is 33.6 Å². The van der Waals surface area contributed by atoms with Gasteiger partial charge in [-0.2, -0.15) is 4.98 Å². The molecule has 1 aromatic heterocycles. The predicted molar refractivity (Wildman–Crippen MR) is 120 cm³/mol. The van der Waals surface area contributed by atoms with E-state index in [4.69, 9.17) is 4.74 Å². The van der Waals surface area contributed by atoms with Crippen LogP contribution in [0, 0.1) is 5.82 Å². The number of anilines is 2. The summed E-state index contributed by atoms with van der Waals surface area (Å²) >= 11 is 0. The Kier molecular flexibility index (Phi) is 7.09. The van der Waals surface area contributed by atoms with Crippen LogP contribution in [-0.2, 0) is 4.79 Å². The van der Waals surface area contributed by atoms with Crippen LogP contribution in [0.4, 0.5) is 16.2 Å². The molecule has 166 valence electrons. The average molecular weight is 428 g/mol. The fourth-order valence-corrected chi connectivity index (χ4v) is 3.37. The minimum absolute atomic E-state index is 0.0351. The van der Waals surface area contributed by atoms with Gasteiger partial charge in [-0.05, 0) is 31.5 Å². The number of amides is 1. The lowest BCUT2D eigenvalue weighted by Crippen LogP contribution is -2.29. The molecule has 2 unspecified atom stereocenters. The van der Waals surface area contributed by atoms with Crippen LogP contribution in [0.1, 0.15) is 31.7 Å². The van der Waals surface area contributed by atoms with Crippen molar-refractivity contribution in [3.05, 3.63) is 54.0 Å². The summed E-state index contributed by atoms with van der Waals surface area (Å²) in [5.74, 6) is 0.762. The highest BCUT2D eigenvalue weighted by Gasteiger charge is 2.27. The van der Waals surface area contributed by atoms with Gasteiger partial charge in [0.15, 0.2) is 11.6 Å². The molecule has 1 fully saturated rings. The summed E-state index contributed by atoms with van der Waals surface area (Å²) in [4.78, 5) is 24.2. The maximum atomic E-state index is 14.3. The smallest absolute Gasteiger partial charge is 0.227 e. The van der Waals surface area contributed by atoms with Crippen LogP contribution in [0.2, 0.25) is 0 Å². The Balaban J connectivity index is 1.59. The van der Waals surface area contributed by atoms with Crippen molar-refractivity contribution in [1.82, 2.24) is 15.3 Å². The molecule has 1 aromatic carbocycles. The Morgan fingerprint density at radius 1 is 1.39 bits per heavy atom. The number of carbonyl (C=O) groups is 1. The van der Waals surface area contributed by atoms with E-state index in [0.717, 1.165) is 23.3 Å². The van der Waals surface area contributed by atoms with E-state index in [9.17, 15) is 9.18 Å². The van der Waals surface area contributed by atoms with E-state index < -0.39 is 5.82 Å². The van der Waals surface area contributed by atoms with Crippen LogP contribution in [0.3, 0.4) is 0 Å². The zero-order valence-corrected chi connectivity index (χ0v) is 18.6. The average Bonchev–Trinajstić information content (AvgIpc) is 3.20.